The Morgan fingerprint density at radius 1 is 0.519 bits per heavy atom. The Kier molecular flexibility index (Phi) is 7.40. The number of hydrogen-bond donors (Lipinski definition) is 4. The number of hydrazone groups is 2. The van der Waals surface area contributed by atoms with Crippen molar-refractivity contribution in [2.75, 3.05) is 10.0 Å². The molecule has 0 saturated carbocycles. The van der Waals surface area contributed by atoms with Gasteiger partial charge in [0.05, 0.1) is 65.1 Å². The summed E-state index contributed by atoms with van der Waals surface area (Å²) in [6.07, 6.45) is 0. The zero-order valence-corrected chi connectivity index (χ0v) is 29.1. The molecule has 6 N–H and O–H groups in total. The molecule has 0 aliphatic carbocycles. The number of aromatic amines is 2. The van der Waals surface area contributed by atoms with E-state index < -0.39 is 31.9 Å². The first-order valence-corrected chi connectivity index (χ1v) is 18.8. The summed E-state index contributed by atoms with van der Waals surface area (Å²) in [6, 6.07) is 26.5. The van der Waals surface area contributed by atoms with Crippen LogP contribution >= 0.6 is 0 Å². The second-order valence-corrected chi connectivity index (χ2v) is 15.4. The Labute approximate surface area is 295 Å². The predicted molar refractivity (Wildman–Crippen MR) is 197 cm³/mol. The van der Waals surface area contributed by atoms with E-state index in [4.69, 9.17) is 10.3 Å². The normalized spacial score (nSPS) is 18.2. The van der Waals surface area contributed by atoms with Crippen molar-refractivity contribution >= 4 is 87.4 Å². The monoisotopic (exact) mass is 732 g/mol. The number of aromatic nitrogens is 2. The Morgan fingerprint density at radius 3 is 1.21 bits per heavy atom. The van der Waals surface area contributed by atoms with E-state index in [1.54, 1.807) is 26.0 Å². The molecule has 8 rings (SSSR count). The van der Waals surface area contributed by atoms with Crippen molar-refractivity contribution < 1.29 is 26.4 Å². The summed E-state index contributed by atoms with van der Waals surface area (Å²) in [4.78, 5) is 34.7. The number of primary sulfonamides is 2. The molecule has 0 atom stereocenters. The Hall–Kier alpha value is -6.20. The lowest BCUT2D eigenvalue weighted by Crippen LogP contribution is -2.26. The summed E-state index contributed by atoms with van der Waals surface area (Å²) in [5.74, 6) is -0.935. The van der Waals surface area contributed by atoms with Crippen molar-refractivity contribution in [2.45, 2.75) is 23.6 Å². The maximum atomic E-state index is 14.0. The first kappa shape index (κ1) is 33.0. The molecule has 14 nitrogen and oxygen atoms in total. The lowest BCUT2D eigenvalue weighted by Gasteiger charge is -2.12. The average Bonchev–Trinajstić information content (AvgIpc) is 3.84. The molecule has 4 aromatic carbocycles. The molecule has 0 unspecified atom stereocenters. The van der Waals surface area contributed by atoms with Gasteiger partial charge in [0.25, 0.3) is 11.8 Å². The van der Waals surface area contributed by atoms with Crippen LogP contribution in [0.25, 0.3) is 32.7 Å². The molecule has 6 aromatic rings. The van der Waals surface area contributed by atoms with Crippen molar-refractivity contribution in [3.63, 3.8) is 0 Å². The topological polar surface area (TPSA) is 217 Å². The van der Waals surface area contributed by atoms with E-state index in [0.717, 1.165) is 31.6 Å². The highest BCUT2D eigenvalue weighted by molar-refractivity contribution is 7.89. The SMILES string of the molecule is CC1=NN(c2cccc(S(N)(=O)=O)c2)C(=O)C1=c1[nH]c(=c2[nH]c(=C3C(=O)N(c4cccc(S(N)(=O)=O)c4)N=C3C)c3ccccc23)c2ccccc12. The summed E-state index contributed by atoms with van der Waals surface area (Å²) < 4.78 is 48.1. The summed E-state index contributed by atoms with van der Waals surface area (Å²) in [7, 11) is -8.05. The second-order valence-electron chi connectivity index (χ2n) is 12.3. The van der Waals surface area contributed by atoms with Crippen LogP contribution in [0.15, 0.2) is 117 Å². The number of nitrogens with one attached hydrogen (secondary N) is 2. The third-order valence-electron chi connectivity index (χ3n) is 9.00. The van der Waals surface area contributed by atoms with Crippen molar-refractivity contribution in [1.29, 1.82) is 0 Å². The fourth-order valence-electron chi connectivity index (χ4n) is 6.67. The Bertz CT molecular complexity index is 2900. The Balaban J connectivity index is 1.37. The number of H-pyrrole nitrogens is 2. The molecule has 0 radical (unpaired) electrons. The van der Waals surface area contributed by atoms with E-state index in [2.05, 4.69) is 20.2 Å². The lowest BCUT2D eigenvalue weighted by atomic mass is 10.1. The van der Waals surface area contributed by atoms with Gasteiger partial charge in [-0.2, -0.15) is 20.2 Å². The zero-order chi connectivity index (χ0) is 36.7. The number of fused-ring (bicyclic) bond motifs is 2. The van der Waals surface area contributed by atoms with Gasteiger partial charge < -0.3 is 9.97 Å². The number of sulfonamides is 2. The molecule has 2 aromatic heterocycles. The molecule has 2 amide bonds. The lowest BCUT2D eigenvalue weighted by molar-refractivity contribution is -0.113. The third-order valence-corrected chi connectivity index (χ3v) is 10.8. The van der Waals surface area contributed by atoms with Gasteiger partial charge in [0.15, 0.2) is 0 Å². The predicted octanol–water partition coefficient (Wildman–Crippen LogP) is 2.38. The number of amides is 2. The molecule has 4 heterocycles. The van der Waals surface area contributed by atoms with E-state index in [0.29, 0.717) is 44.0 Å². The smallest absolute Gasteiger partial charge is 0.282 e. The van der Waals surface area contributed by atoms with Crippen LogP contribution in [0.3, 0.4) is 0 Å². The number of anilines is 2. The molecular formula is C36H28N8O6S2. The molecule has 260 valence electrons. The van der Waals surface area contributed by atoms with Gasteiger partial charge in [0, 0.05) is 21.5 Å². The van der Waals surface area contributed by atoms with Crippen molar-refractivity contribution in [2.24, 2.45) is 20.5 Å². The van der Waals surface area contributed by atoms with E-state index in [-0.39, 0.29) is 21.2 Å². The van der Waals surface area contributed by atoms with E-state index >= 15 is 0 Å². The second kappa shape index (κ2) is 11.7. The molecule has 0 spiro atoms. The summed E-state index contributed by atoms with van der Waals surface area (Å²) in [5, 5.41) is 27.3. The number of carbonyl (C=O) groups is 2. The zero-order valence-electron chi connectivity index (χ0n) is 27.4. The van der Waals surface area contributed by atoms with Gasteiger partial charge in [0.1, 0.15) is 0 Å². The van der Waals surface area contributed by atoms with Gasteiger partial charge in [-0.25, -0.2) is 27.1 Å². The van der Waals surface area contributed by atoms with E-state index in [9.17, 15) is 26.4 Å². The molecule has 16 heteroatoms. The van der Waals surface area contributed by atoms with Crippen LogP contribution in [0.5, 0.6) is 0 Å². The van der Waals surface area contributed by atoms with E-state index in [1.807, 2.05) is 48.5 Å². The minimum absolute atomic E-state index is 0.153. The van der Waals surface area contributed by atoms with Gasteiger partial charge in [-0.05, 0) is 50.2 Å². The maximum absolute atomic E-state index is 14.0. The Morgan fingerprint density at radius 2 is 0.865 bits per heavy atom. The summed E-state index contributed by atoms with van der Waals surface area (Å²) in [5.41, 5.74) is 1.88. The molecule has 0 bridgehead atoms. The van der Waals surface area contributed by atoms with Crippen LogP contribution in [0.1, 0.15) is 13.8 Å². The van der Waals surface area contributed by atoms with Crippen molar-refractivity contribution in [3.05, 3.63) is 118 Å². The van der Waals surface area contributed by atoms with Gasteiger partial charge in [0.2, 0.25) is 20.0 Å². The van der Waals surface area contributed by atoms with Crippen LogP contribution in [0, 0.1) is 10.7 Å². The molecule has 0 fully saturated rings. The highest BCUT2D eigenvalue weighted by atomic mass is 32.2. The molecule has 2 aliphatic heterocycles. The first-order chi connectivity index (χ1) is 24.7. The minimum atomic E-state index is -4.02. The van der Waals surface area contributed by atoms with Crippen molar-refractivity contribution in [3.8, 4) is 0 Å². The van der Waals surface area contributed by atoms with Gasteiger partial charge >= 0.3 is 0 Å². The molecule has 52 heavy (non-hydrogen) atoms. The summed E-state index contributed by atoms with van der Waals surface area (Å²) >= 11 is 0. The molecular weight excluding hydrogens is 705 g/mol. The largest absolute Gasteiger partial charge is 0.352 e. The number of benzene rings is 4. The molecule has 0 saturated heterocycles. The van der Waals surface area contributed by atoms with Crippen LogP contribution in [0.4, 0.5) is 11.4 Å². The van der Waals surface area contributed by atoms with Crippen LogP contribution < -0.4 is 31.0 Å². The van der Waals surface area contributed by atoms with E-state index in [1.165, 1.54) is 36.4 Å². The van der Waals surface area contributed by atoms with Gasteiger partial charge in [-0.1, -0.05) is 60.7 Å². The van der Waals surface area contributed by atoms with Crippen LogP contribution in [0.2, 0.25) is 0 Å². The number of nitrogens with zero attached hydrogens (tertiary/aromatic N) is 4. The number of carbonyl (C=O) groups excluding carboxylic acids is 2. The van der Waals surface area contributed by atoms with Crippen LogP contribution in [-0.4, -0.2) is 50.0 Å². The highest BCUT2D eigenvalue weighted by Crippen LogP contribution is 2.28. The number of hydrogen-bond acceptors (Lipinski definition) is 8. The van der Waals surface area contributed by atoms with Gasteiger partial charge in [-0.3, -0.25) is 9.59 Å². The number of rotatable bonds is 4. The average molecular weight is 733 g/mol. The maximum Gasteiger partial charge on any atom is 0.282 e. The standard InChI is InChI=1S/C36H28N8O6S2/c1-19-29(35(45)43(41-19)21-9-7-11-23(17-21)51(37,47)48)31-25-13-3-5-15-27(25)33(39-31)34-28-16-6-4-14-26(28)32(40-34)30-20(2)42-44(36(30)46)22-10-8-12-24(18-22)52(38,49)50/h3-18,39-40H,1-2H3,(H2,37,47,48)(H2,38,49,50). The fourth-order valence-corrected chi connectivity index (χ4v) is 7.78. The van der Waals surface area contributed by atoms with Crippen LogP contribution in [-0.2, 0) is 29.6 Å². The first-order valence-electron chi connectivity index (χ1n) is 15.7. The summed E-state index contributed by atoms with van der Waals surface area (Å²) in [6.45, 7) is 3.39. The fraction of sp³-hybridized carbons (Fsp3) is 0.0556. The van der Waals surface area contributed by atoms with Gasteiger partial charge in [-0.15, -0.1) is 0 Å². The molecule has 2 aliphatic rings. The highest BCUT2D eigenvalue weighted by Gasteiger charge is 2.33. The quantitative estimate of drug-likeness (QED) is 0.213. The van der Waals surface area contributed by atoms with Crippen molar-refractivity contribution in [1.82, 2.24) is 9.97 Å². The number of nitrogens with two attached hydrogens (primary N) is 2. The third kappa shape index (κ3) is 5.24. The minimum Gasteiger partial charge on any atom is -0.352 e.